The number of carbonyl (C=O) groups is 2. The highest BCUT2D eigenvalue weighted by Crippen LogP contribution is 2.17. The quantitative estimate of drug-likeness (QED) is 0.719. The molecule has 5 nitrogen and oxygen atoms in total. The summed E-state index contributed by atoms with van der Waals surface area (Å²) < 4.78 is 19.1. The number of amides is 2. The van der Waals surface area contributed by atoms with Gasteiger partial charge in [0, 0.05) is 13.1 Å². The molecule has 0 heterocycles. The van der Waals surface area contributed by atoms with Crippen molar-refractivity contribution in [3.8, 4) is 5.75 Å². The monoisotopic (exact) mass is 386 g/mol. The average Bonchev–Trinajstić information content (AvgIpc) is 2.71. The molecule has 2 amide bonds. The Kier molecular flexibility index (Phi) is 7.99. The molecule has 0 aliphatic rings. The van der Waals surface area contributed by atoms with E-state index in [-0.39, 0.29) is 24.8 Å². The van der Waals surface area contributed by atoms with Gasteiger partial charge in [-0.2, -0.15) is 0 Å². The van der Waals surface area contributed by atoms with E-state index in [4.69, 9.17) is 4.74 Å². The number of nitrogens with one attached hydrogen (secondary N) is 1. The van der Waals surface area contributed by atoms with Gasteiger partial charge in [0.15, 0.2) is 0 Å². The minimum Gasteiger partial charge on any atom is -0.497 e. The number of halogens is 1. The fourth-order valence-electron chi connectivity index (χ4n) is 2.81. The summed E-state index contributed by atoms with van der Waals surface area (Å²) in [5.74, 6) is -0.248. The molecule has 2 rings (SSSR count). The maximum absolute atomic E-state index is 14.0. The van der Waals surface area contributed by atoms with Gasteiger partial charge in [0.2, 0.25) is 11.8 Å². The normalized spacial score (nSPS) is 11.6. The van der Waals surface area contributed by atoms with Gasteiger partial charge in [-0.15, -0.1) is 0 Å². The van der Waals surface area contributed by atoms with Crippen LogP contribution in [0.2, 0.25) is 0 Å². The summed E-state index contributed by atoms with van der Waals surface area (Å²) in [6.45, 7) is 4.44. The second kappa shape index (κ2) is 10.4. The molecular weight excluding hydrogens is 359 g/mol. The molecule has 0 aliphatic heterocycles. The molecule has 0 unspecified atom stereocenters. The van der Waals surface area contributed by atoms with E-state index in [0.717, 1.165) is 12.0 Å². The number of rotatable bonds is 9. The van der Waals surface area contributed by atoms with E-state index < -0.39 is 11.9 Å². The van der Waals surface area contributed by atoms with Gasteiger partial charge in [-0.1, -0.05) is 37.3 Å². The Balaban J connectivity index is 2.22. The predicted molar refractivity (Wildman–Crippen MR) is 106 cm³/mol. The molecule has 0 bridgehead atoms. The molecule has 0 saturated carbocycles. The van der Waals surface area contributed by atoms with E-state index in [1.165, 1.54) is 11.0 Å². The fraction of sp³-hybridized carbons (Fsp3) is 0.364. The van der Waals surface area contributed by atoms with Gasteiger partial charge in [0.05, 0.1) is 13.5 Å². The molecule has 150 valence electrons. The van der Waals surface area contributed by atoms with Crippen LogP contribution >= 0.6 is 0 Å². The number of hydrogen-bond donors (Lipinski definition) is 1. The van der Waals surface area contributed by atoms with Crippen LogP contribution in [0.15, 0.2) is 48.5 Å². The van der Waals surface area contributed by atoms with Crippen LogP contribution in [0.25, 0.3) is 0 Å². The van der Waals surface area contributed by atoms with Crippen LogP contribution in [0, 0.1) is 5.82 Å². The molecule has 1 N–H and O–H groups in total. The van der Waals surface area contributed by atoms with Gasteiger partial charge in [-0.05, 0) is 42.7 Å². The molecule has 0 fully saturated rings. The van der Waals surface area contributed by atoms with Crippen LogP contribution < -0.4 is 10.1 Å². The molecule has 2 aromatic carbocycles. The Bertz CT molecular complexity index is 793. The van der Waals surface area contributed by atoms with Gasteiger partial charge in [-0.3, -0.25) is 9.59 Å². The summed E-state index contributed by atoms with van der Waals surface area (Å²) in [4.78, 5) is 26.9. The number of nitrogens with zero attached hydrogens (tertiary/aromatic N) is 1. The number of ether oxygens (including phenoxy) is 1. The van der Waals surface area contributed by atoms with E-state index >= 15 is 0 Å². The standard InChI is InChI=1S/C22H27FN2O3/c1-4-13-24-22(27)16(2)25(15-17-9-11-19(28-3)12-10-17)21(26)14-18-7-5-6-8-20(18)23/h5-12,16H,4,13-15H2,1-3H3,(H,24,27)/t16-/m1/s1. The lowest BCUT2D eigenvalue weighted by atomic mass is 10.1. The van der Waals surface area contributed by atoms with Crippen LogP contribution in [-0.4, -0.2) is 36.4 Å². The second-order valence-corrected chi connectivity index (χ2v) is 6.60. The maximum Gasteiger partial charge on any atom is 0.242 e. The SMILES string of the molecule is CCCNC(=O)[C@@H](C)N(Cc1ccc(OC)cc1)C(=O)Cc1ccccc1F. The first-order valence-electron chi connectivity index (χ1n) is 9.39. The second-order valence-electron chi connectivity index (χ2n) is 6.60. The fourth-order valence-corrected chi connectivity index (χ4v) is 2.81. The Hall–Kier alpha value is -2.89. The van der Waals surface area contributed by atoms with E-state index in [1.807, 2.05) is 19.1 Å². The highest BCUT2D eigenvalue weighted by atomic mass is 19.1. The topological polar surface area (TPSA) is 58.6 Å². The third kappa shape index (κ3) is 5.81. The van der Waals surface area contributed by atoms with Crippen molar-refractivity contribution in [2.75, 3.05) is 13.7 Å². The van der Waals surface area contributed by atoms with Crippen molar-refractivity contribution in [2.24, 2.45) is 0 Å². The molecule has 6 heteroatoms. The predicted octanol–water partition coefficient (Wildman–Crippen LogP) is 3.32. The largest absolute Gasteiger partial charge is 0.497 e. The highest BCUT2D eigenvalue weighted by molar-refractivity contribution is 5.88. The highest BCUT2D eigenvalue weighted by Gasteiger charge is 2.26. The molecule has 0 aromatic heterocycles. The Morgan fingerprint density at radius 3 is 2.43 bits per heavy atom. The molecule has 0 aliphatic carbocycles. The molecule has 0 saturated heterocycles. The molecule has 0 radical (unpaired) electrons. The minimum atomic E-state index is -0.673. The van der Waals surface area contributed by atoms with Gasteiger partial charge >= 0.3 is 0 Å². The van der Waals surface area contributed by atoms with Gasteiger partial charge in [0.1, 0.15) is 17.6 Å². The van der Waals surface area contributed by atoms with Crippen molar-refractivity contribution >= 4 is 11.8 Å². The molecule has 28 heavy (non-hydrogen) atoms. The van der Waals surface area contributed by atoms with Crippen LogP contribution in [0.3, 0.4) is 0 Å². The van der Waals surface area contributed by atoms with Crippen molar-refractivity contribution in [1.82, 2.24) is 10.2 Å². The van der Waals surface area contributed by atoms with Crippen LogP contribution in [0.5, 0.6) is 5.75 Å². The zero-order valence-electron chi connectivity index (χ0n) is 16.6. The number of carbonyl (C=O) groups excluding carboxylic acids is 2. The summed E-state index contributed by atoms with van der Waals surface area (Å²) in [6.07, 6.45) is 0.703. The van der Waals surface area contributed by atoms with E-state index in [9.17, 15) is 14.0 Å². The maximum atomic E-state index is 14.0. The van der Waals surface area contributed by atoms with Crippen LogP contribution in [-0.2, 0) is 22.6 Å². The Labute approximate surface area is 165 Å². The zero-order chi connectivity index (χ0) is 20.5. The van der Waals surface area contributed by atoms with E-state index in [2.05, 4.69) is 5.32 Å². The van der Waals surface area contributed by atoms with E-state index in [1.54, 1.807) is 44.4 Å². The Morgan fingerprint density at radius 2 is 1.82 bits per heavy atom. The summed E-state index contributed by atoms with van der Waals surface area (Å²) >= 11 is 0. The molecule has 1 atom stereocenters. The van der Waals surface area contributed by atoms with Gasteiger partial charge in [-0.25, -0.2) is 4.39 Å². The first kappa shape index (κ1) is 21.4. The first-order chi connectivity index (χ1) is 13.5. The number of hydrogen-bond acceptors (Lipinski definition) is 3. The van der Waals surface area contributed by atoms with Crippen LogP contribution in [0.4, 0.5) is 4.39 Å². The molecular formula is C22H27FN2O3. The third-order valence-corrected chi connectivity index (χ3v) is 4.53. The molecule has 2 aromatic rings. The summed E-state index contributed by atoms with van der Waals surface area (Å²) in [5.41, 5.74) is 1.17. The van der Waals surface area contributed by atoms with Crippen molar-refractivity contribution in [3.63, 3.8) is 0 Å². The third-order valence-electron chi connectivity index (χ3n) is 4.53. The first-order valence-corrected chi connectivity index (χ1v) is 9.39. The molecule has 0 spiro atoms. The lowest BCUT2D eigenvalue weighted by Crippen LogP contribution is -2.48. The summed E-state index contributed by atoms with van der Waals surface area (Å²) in [6, 6.07) is 12.8. The average molecular weight is 386 g/mol. The van der Waals surface area contributed by atoms with E-state index in [0.29, 0.717) is 17.9 Å². The summed E-state index contributed by atoms with van der Waals surface area (Å²) in [7, 11) is 1.58. The lowest BCUT2D eigenvalue weighted by molar-refractivity contribution is -0.140. The Morgan fingerprint density at radius 1 is 1.14 bits per heavy atom. The zero-order valence-corrected chi connectivity index (χ0v) is 16.6. The van der Waals surface area contributed by atoms with Gasteiger partial charge < -0.3 is 15.0 Å². The van der Waals surface area contributed by atoms with Crippen molar-refractivity contribution in [2.45, 2.75) is 39.3 Å². The van der Waals surface area contributed by atoms with Crippen molar-refractivity contribution in [1.29, 1.82) is 0 Å². The van der Waals surface area contributed by atoms with Crippen molar-refractivity contribution in [3.05, 3.63) is 65.5 Å². The summed E-state index contributed by atoms with van der Waals surface area (Å²) in [5, 5.41) is 2.82. The minimum absolute atomic E-state index is 0.103. The smallest absolute Gasteiger partial charge is 0.242 e. The van der Waals surface area contributed by atoms with Crippen LogP contribution in [0.1, 0.15) is 31.4 Å². The number of methoxy groups -OCH3 is 1. The number of benzene rings is 2. The van der Waals surface area contributed by atoms with Gasteiger partial charge in [0.25, 0.3) is 0 Å². The lowest BCUT2D eigenvalue weighted by Gasteiger charge is -2.29. The van der Waals surface area contributed by atoms with Crippen molar-refractivity contribution < 1.29 is 18.7 Å².